The van der Waals surface area contributed by atoms with Crippen LogP contribution in [0.25, 0.3) is 0 Å². The maximum Gasteiger partial charge on any atom is 0.320 e. The predicted molar refractivity (Wildman–Crippen MR) is 109 cm³/mol. The van der Waals surface area contributed by atoms with Crippen LogP contribution in [0.4, 0.5) is 0 Å². The number of nitrogens with one attached hydrogen (secondary N) is 1. The van der Waals surface area contributed by atoms with E-state index in [2.05, 4.69) is 5.32 Å². The van der Waals surface area contributed by atoms with E-state index in [-0.39, 0.29) is 12.0 Å². The van der Waals surface area contributed by atoms with Gasteiger partial charge in [0.15, 0.2) is 0 Å². The van der Waals surface area contributed by atoms with Crippen LogP contribution < -0.4 is 16.8 Å². The van der Waals surface area contributed by atoms with E-state index in [1.54, 1.807) is 0 Å². The summed E-state index contributed by atoms with van der Waals surface area (Å²) in [5.74, 6) is -2.52. The highest BCUT2D eigenvalue weighted by molar-refractivity contribution is 5.74. The topological polar surface area (TPSA) is 176 Å². The Morgan fingerprint density at radius 1 is 1.10 bits per heavy atom. The standard InChI is InChI=1S/C9H11NO2.C6H13NO2.C5H9NO2/c10-8(9(11)12)6-7-4-2-1-3-5-7;1-3-4(2)5(7)6(8)9;7-5(8)4-2-1-3-6-4/h1-5,8H,6,10H2,(H,11,12);4-5H,3,7H2,1-2H3,(H,8,9);4,6H,1-3H2,(H,7,8)/t8-;4-,5-;4-/m000/s1. The molecule has 0 amide bonds. The molecule has 164 valence electrons. The SMILES string of the molecule is CC[C@H](C)[C@H](N)C(=O)O.N[C@@H](Cc1ccccc1)C(=O)O.O=C(O)[C@@H]1CCCN1. The number of benzene rings is 1. The molecule has 9 nitrogen and oxygen atoms in total. The highest BCUT2D eigenvalue weighted by Gasteiger charge is 2.20. The number of carbonyl (C=O) groups is 3. The number of hydrogen-bond donors (Lipinski definition) is 6. The number of rotatable bonds is 7. The van der Waals surface area contributed by atoms with E-state index >= 15 is 0 Å². The second-order valence-corrected chi connectivity index (χ2v) is 6.87. The van der Waals surface area contributed by atoms with E-state index < -0.39 is 30.0 Å². The van der Waals surface area contributed by atoms with Gasteiger partial charge in [-0.15, -0.1) is 0 Å². The molecule has 0 saturated carbocycles. The van der Waals surface area contributed by atoms with Gasteiger partial charge in [0, 0.05) is 0 Å². The fourth-order valence-electron chi connectivity index (χ4n) is 2.35. The molecular formula is C20H33N3O6. The Hall–Kier alpha value is -2.49. The molecule has 1 heterocycles. The zero-order valence-corrected chi connectivity index (χ0v) is 17.0. The zero-order valence-electron chi connectivity index (χ0n) is 17.0. The van der Waals surface area contributed by atoms with Crippen molar-refractivity contribution < 1.29 is 29.7 Å². The van der Waals surface area contributed by atoms with Gasteiger partial charge in [-0.25, -0.2) is 0 Å². The Morgan fingerprint density at radius 2 is 1.69 bits per heavy atom. The van der Waals surface area contributed by atoms with Gasteiger partial charge in [-0.05, 0) is 37.3 Å². The lowest BCUT2D eigenvalue weighted by Crippen LogP contribution is -2.36. The Morgan fingerprint density at radius 3 is 2.00 bits per heavy atom. The molecule has 0 radical (unpaired) electrons. The van der Waals surface area contributed by atoms with Crippen molar-refractivity contribution in [2.24, 2.45) is 17.4 Å². The summed E-state index contributed by atoms with van der Waals surface area (Å²) in [5, 5.41) is 28.1. The van der Waals surface area contributed by atoms with Crippen LogP contribution in [0, 0.1) is 5.92 Å². The summed E-state index contributed by atoms with van der Waals surface area (Å²) in [4.78, 5) is 30.7. The number of aliphatic carboxylic acids is 3. The van der Waals surface area contributed by atoms with Crippen molar-refractivity contribution in [1.82, 2.24) is 5.32 Å². The molecule has 1 aromatic rings. The molecule has 9 heteroatoms. The number of hydrogen-bond acceptors (Lipinski definition) is 6. The minimum atomic E-state index is -0.959. The van der Waals surface area contributed by atoms with E-state index in [1.165, 1.54) is 0 Å². The molecule has 1 aliphatic rings. The van der Waals surface area contributed by atoms with Gasteiger partial charge >= 0.3 is 17.9 Å². The van der Waals surface area contributed by atoms with Crippen LogP contribution in [0.3, 0.4) is 0 Å². The highest BCUT2D eigenvalue weighted by atomic mass is 16.4. The summed E-state index contributed by atoms with van der Waals surface area (Å²) in [6, 6.07) is 7.58. The van der Waals surface area contributed by atoms with Gasteiger partial charge in [0.05, 0.1) is 0 Å². The normalized spacial score (nSPS) is 18.1. The molecule has 0 spiro atoms. The molecule has 4 atom stereocenters. The van der Waals surface area contributed by atoms with E-state index in [1.807, 2.05) is 44.2 Å². The zero-order chi connectivity index (χ0) is 22.4. The summed E-state index contributed by atoms with van der Waals surface area (Å²) in [5.41, 5.74) is 11.6. The first-order valence-electron chi connectivity index (χ1n) is 9.56. The van der Waals surface area contributed by atoms with Crippen molar-refractivity contribution in [3.05, 3.63) is 35.9 Å². The monoisotopic (exact) mass is 411 g/mol. The van der Waals surface area contributed by atoms with Gasteiger partial charge in [-0.3, -0.25) is 14.4 Å². The van der Waals surface area contributed by atoms with Gasteiger partial charge in [-0.1, -0.05) is 50.6 Å². The van der Waals surface area contributed by atoms with Crippen molar-refractivity contribution in [2.75, 3.05) is 6.54 Å². The molecule has 1 saturated heterocycles. The smallest absolute Gasteiger partial charge is 0.320 e. The molecule has 2 rings (SSSR count). The van der Waals surface area contributed by atoms with Crippen molar-refractivity contribution in [3.8, 4) is 0 Å². The van der Waals surface area contributed by atoms with E-state index in [4.69, 9.17) is 26.8 Å². The molecule has 1 fully saturated rings. The van der Waals surface area contributed by atoms with Gasteiger partial charge in [0.25, 0.3) is 0 Å². The largest absolute Gasteiger partial charge is 0.480 e. The maximum atomic E-state index is 10.4. The Bertz CT molecular complexity index is 620. The summed E-state index contributed by atoms with van der Waals surface area (Å²) in [6.07, 6.45) is 2.98. The van der Waals surface area contributed by atoms with Gasteiger partial charge in [0.2, 0.25) is 0 Å². The minimum absolute atomic E-state index is 0.0718. The van der Waals surface area contributed by atoms with Gasteiger partial charge in [0.1, 0.15) is 18.1 Å². The molecule has 0 aliphatic carbocycles. The van der Waals surface area contributed by atoms with Gasteiger partial charge < -0.3 is 32.1 Å². The lowest BCUT2D eigenvalue weighted by atomic mass is 10.0. The van der Waals surface area contributed by atoms with Crippen molar-refractivity contribution in [2.45, 2.75) is 57.7 Å². The van der Waals surface area contributed by atoms with E-state index in [9.17, 15) is 14.4 Å². The molecule has 1 aromatic carbocycles. The third-order valence-electron chi connectivity index (χ3n) is 4.52. The molecule has 0 bridgehead atoms. The van der Waals surface area contributed by atoms with Crippen LogP contribution in [0.5, 0.6) is 0 Å². The van der Waals surface area contributed by atoms with Crippen LogP contribution in [0.15, 0.2) is 30.3 Å². The summed E-state index contributed by atoms with van der Waals surface area (Å²) < 4.78 is 0. The Kier molecular flexibility index (Phi) is 13.3. The first-order chi connectivity index (χ1) is 13.6. The quantitative estimate of drug-likeness (QED) is 0.380. The molecule has 8 N–H and O–H groups in total. The third kappa shape index (κ3) is 11.8. The second-order valence-electron chi connectivity index (χ2n) is 6.87. The second kappa shape index (κ2) is 14.5. The van der Waals surface area contributed by atoms with Crippen molar-refractivity contribution in [3.63, 3.8) is 0 Å². The van der Waals surface area contributed by atoms with Crippen LogP contribution >= 0.6 is 0 Å². The highest BCUT2D eigenvalue weighted by Crippen LogP contribution is 2.04. The minimum Gasteiger partial charge on any atom is -0.480 e. The molecule has 0 unspecified atom stereocenters. The fourth-order valence-corrected chi connectivity index (χ4v) is 2.35. The molecular weight excluding hydrogens is 378 g/mol. The number of nitrogens with two attached hydrogens (primary N) is 2. The lowest BCUT2D eigenvalue weighted by molar-refractivity contribution is -0.140. The number of carboxylic acid groups (broad SMARTS) is 3. The molecule has 0 aromatic heterocycles. The molecule has 1 aliphatic heterocycles. The maximum absolute atomic E-state index is 10.4. The van der Waals surface area contributed by atoms with Crippen molar-refractivity contribution in [1.29, 1.82) is 0 Å². The first-order valence-corrected chi connectivity index (χ1v) is 9.56. The summed E-state index contributed by atoms with van der Waals surface area (Å²) in [6.45, 7) is 4.61. The number of carboxylic acids is 3. The van der Waals surface area contributed by atoms with Crippen LogP contribution in [0.2, 0.25) is 0 Å². The van der Waals surface area contributed by atoms with Crippen LogP contribution in [-0.4, -0.2) is 57.9 Å². The van der Waals surface area contributed by atoms with E-state index in [0.717, 1.165) is 31.4 Å². The fraction of sp³-hybridized carbons (Fsp3) is 0.550. The Balaban J connectivity index is 0.000000416. The van der Waals surface area contributed by atoms with Crippen LogP contribution in [-0.2, 0) is 20.8 Å². The summed E-state index contributed by atoms with van der Waals surface area (Å²) >= 11 is 0. The Labute approximate surface area is 171 Å². The third-order valence-corrected chi connectivity index (χ3v) is 4.52. The van der Waals surface area contributed by atoms with Crippen LogP contribution in [0.1, 0.15) is 38.7 Å². The average Bonchev–Trinajstić information content (AvgIpc) is 3.23. The van der Waals surface area contributed by atoms with Crippen molar-refractivity contribution >= 4 is 17.9 Å². The van der Waals surface area contributed by atoms with Gasteiger partial charge in [-0.2, -0.15) is 0 Å². The molecule has 29 heavy (non-hydrogen) atoms. The predicted octanol–water partition coefficient (Wildman–Crippen LogP) is 0.908. The van der Waals surface area contributed by atoms with E-state index in [0.29, 0.717) is 6.42 Å². The average molecular weight is 411 g/mol. The lowest BCUT2D eigenvalue weighted by Gasteiger charge is -2.11. The first kappa shape index (κ1) is 26.5. The summed E-state index contributed by atoms with van der Waals surface area (Å²) in [7, 11) is 0.